The van der Waals surface area contributed by atoms with Gasteiger partial charge in [0, 0.05) is 0 Å². The van der Waals surface area contributed by atoms with Crippen molar-refractivity contribution in [2.24, 2.45) is 0 Å². The van der Waals surface area contributed by atoms with Gasteiger partial charge < -0.3 is 4.74 Å². The van der Waals surface area contributed by atoms with Crippen molar-refractivity contribution < 1.29 is 22.3 Å². The second-order valence-electron chi connectivity index (χ2n) is 2.45. The summed E-state index contributed by atoms with van der Waals surface area (Å²) < 4.78 is 52.4. The van der Waals surface area contributed by atoms with Crippen molar-refractivity contribution >= 4 is 23.2 Å². The molecule has 0 heterocycles. The molecule has 0 fully saturated rings. The third-order valence-corrected chi connectivity index (χ3v) is 2.24. The Morgan fingerprint density at radius 1 is 1.07 bits per heavy atom. The maximum Gasteiger partial charge on any atom is 0.387 e. The van der Waals surface area contributed by atoms with Gasteiger partial charge >= 0.3 is 6.61 Å². The van der Waals surface area contributed by atoms with E-state index in [0.29, 0.717) is 0 Å². The molecule has 0 aromatic heterocycles. The fraction of sp³-hybridized carbons (Fsp3) is 0.250. The minimum Gasteiger partial charge on any atom is -0.433 e. The van der Waals surface area contributed by atoms with Crippen LogP contribution in [0.1, 0.15) is 12.0 Å². The molecule has 0 radical (unpaired) electrons. The van der Waals surface area contributed by atoms with E-state index < -0.39 is 29.4 Å². The molecule has 1 aromatic rings. The Labute approximate surface area is 92.5 Å². The molecule has 0 saturated heterocycles. The highest BCUT2D eigenvalue weighted by Gasteiger charge is 2.21. The van der Waals surface area contributed by atoms with E-state index in [-0.39, 0.29) is 5.02 Å². The van der Waals surface area contributed by atoms with Gasteiger partial charge in [-0.15, -0.1) is 0 Å². The molecule has 0 atom stereocenters. The maximum atomic E-state index is 12.4. The van der Waals surface area contributed by atoms with Gasteiger partial charge in [0.05, 0.1) is 15.6 Å². The van der Waals surface area contributed by atoms with Crippen LogP contribution in [0, 0.1) is 0 Å². The summed E-state index contributed by atoms with van der Waals surface area (Å²) >= 11 is 10.9. The molecule has 0 amide bonds. The monoisotopic (exact) mass is 262 g/mol. The van der Waals surface area contributed by atoms with E-state index in [1.165, 1.54) is 0 Å². The zero-order valence-corrected chi connectivity index (χ0v) is 8.50. The number of hydrogen-bond donors (Lipinski definition) is 0. The van der Waals surface area contributed by atoms with Crippen molar-refractivity contribution in [3.05, 3.63) is 27.7 Å². The molecule has 15 heavy (non-hydrogen) atoms. The van der Waals surface area contributed by atoms with E-state index in [0.717, 1.165) is 12.1 Å². The van der Waals surface area contributed by atoms with Crippen LogP contribution in [0.2, 0.25) is 10.0 Å². The van der Waals surface area contributed by atoms with Gasteiger partial charge in [0.2, 0.25) is 0 Å². The topological polar surface area (TPSA) is 9.23 Å². The van der Waals surface area contributed by atoms with E-state index in [2.05, 4.69) is 4.74 Å². The summed E-state index contributed by atoms with van der Waals surface area (Å²) in [6.07, 6.45) is -2.95. The van der Waals surface area contributed by atoms with E-state index in [4.69, 9.17) is 23.2 Å². The zero-order valence-electron chi connectivity index (χ0n) is 6.99. The van der Waals surface area contributed by atoms with Gasteiger partial charge in [0.1, 0.15) is 5.75 Å². The van der Waals surface area contributed by atoms with Gasteiger partial charge in [0.25, 0.3) is 6.43 Å². The molecular weight excluding hydrogens is 259 g/mol. The molecular formula is C8H4Cl2F4O. The predicted molar refractivity (Wildman–Crippen MR) is 48.1 cm³/mol. The van der Waals surface area contributed by atoms with Crippen LogP contribution >= 0.6 is 23.2 Å². The molecule has 1 nitrogen and oxygen atoms in total. The van der Waals surface area contributed by atoms with Crippen LogP contribution in [-0.4, -0.2) is 6.61 Å². The molecule has 0 bridgehead atoms. The number of ether oxygens (including phenoxy) is 1. The summed E-state index contributed by atoms with van der Waals surface area (Å²) in [5.41, 5.74) is -0.712. The molecule has 0 N–H and O–H groups in total. The second kappa shape index (κ2) is 4.90. The van der Waals surface area contributed by atoms with E-state index >= 15 is 0 Å². The van der Waals surface area contributed by atoms with Crippen molar-refractivity contribution in [1.29, 1.82) is 0 Å². The lowest BCUT2D eigenvalue weighted by Crippen LogP contribution is -2.03. The van der Waals surface area contributed by atoms with Crippen molar-refractivity contribution in [1.82, 2.24) is 0 Å². The first-order valence-electron chi connectivity index (χ1n) is 3.64. The third kappa shape index (κ3) is 2.89. The molecule has 7 heteroatoms. The third-order valence-electron chi connectivity index (χ3n) is 1.53. The normalized spacial score (nSPS) is 11.2. The predicted octanol–water partition coefficient (Wildman–Crippen LogP) is 4.53. The average molecular weight is 263 g/mol. The number of hydrogen-bond acceptors (Lipinski definition) is 1. The van der Waals surface area contributed by atoms with Crippen LogP contribution in [0.3, 0.4) is 0 Å². The van der Waals surface area contributed by atoms with Gasteiger partial charge in [-0.1, -0.05) is 23.2 Å². The van der Waals surface area contributed by atoms with Crippen LogP contribution in [-0.2, 0) is 0 Å². The molecule has 0 aliphatic carbocycles. The molecule has 0 aliphatic rings. The maximum absolute atomic E-state index is 12.4. The van der Waals surface area contributed by atoms with Gasteiger partial charge in [-0.2, -0.15) is 8.78 Å². The van der Waals surface area contributed by atoms with Crippen LogP contribution in [0.15, 0.2) is 12.1 Å². The molecule has 0 saturated carbocycles. The summed E-state index contributed by atoms with van der Waals surface area (Å²) in [4.78, 5) is 0. The van der Waals surface area contributed by atoms with E-state index in [1.807, 2.05) is 0 Å². The molecule has 0 spiro atoms. The highest BCUT2D eigenvalue weighted by atomic mass is 35.5. The Morgan fingerprint density at radius 2 is 1.67 bits per heavy atom. The first-order chi connectivity index (χ1) is 6.93. The second-order valence-corrected chi connectivity index (χ2v) is 3.24. The minimum atomic E-state index is -3.13. The summed E-state index contributed by atoms with van der Waals surface area (Å²) in [7, 11) is 0. The van der Waals surface area contributed by atoms with E-state index in [9.17, 15) is 17.6 Å². The fourth-order valence-corrected chi connectivity index (χ4v) is 1.52. The molecule has 1 rings (SSSR count). The Hall–Kier alpha value is -0.680. The standard InChI is InChI=1S/C8H4Cl2F4O/c9-3-1-2-4(15-8(13)14)6(10)5(3)7(11)12/h1-2,7-8H. The van der Waals surface area contributed by atoms with Crippen LogP contribution in [0.25, 0.3) is 0 Å². The summed E-state index contributed by atoms with van der Waals surface area (Å²) in [5, 5.41) is -0.894. The lowest BCUT2D eigenvalue weighted by atomic mass is 10.2. The van der Waals surface area contributed by atoms with Crippen molar-refractivity contribution in [3.8, 4) is 5.75 Å². The van der Waals surface area contributed by atoms with Crippen molar-refractivity contribution in [2.75, 3.05) is 0 Å². The number of benzene rings is 1. The van der Waals surface area contributed by atoms with Gasteiger partial charge in [-0.3, -0.25) is 0 Å². The highest BCUT2D eigenvalue weighted by molar-refractivity contribution is 6.37. The van der Waals surface area contributed by atoms with Gasteiger partial charge in [-0.25, -0.2) is 8.78 Å². The van der Waals surface area contributed by atoms with Crippen molar-refractivity contribution in [3.63, 3.8) is 0 Å². The van der Waals surface area contributed by atoms with Crippen molar-refractivity contribution in [2.45, 2.75) is 13.0 Å². The lowest BCUT2D eigenvalue weighted by molar-refractivity contribution is -0.0499. The number of halogens is 6. The molecule has 84 valence electrons. The Bertz CT molecular complexity index is 357. The quantitative estimate of drug-likeness (QED) is 0.728. The molecule has 1 aromatic carbocycles. The lowest BCUT2D eigenvalue weighted by Gasteiger charge is -2.11. The first-order valence-corrected chi connectivity index (χ1v) is 4.40. The summed E-state index contributed by atoms with van der Waals surface area (Å²) in [6.45, 7) is -3.13. The first kappa shape index (κ1) is 12.4. The average Bonchev–Trinajstić information content (AvgIpc) is 2.09. The Kier molecular flexibility index (Phi) is 4.04. The Morgan fingerprint density at radius 3 is 2.13 bits per heavy atom. The van der Waals surface area contributed by atoms with Crippen LogP contribution in [0.4, 0.5) is 17.6 Å². The summed E-state index contributed by atoms with van der Waals surface area (Å²) in [5.74, 6) is -0.522. The smallest absolute Gasteiger partial charge is 0.387 e. The molecule has 0 unspecified atom stereocenters. The van der Waals surface area contributed by atoms with Crippen LogP contribution in [0.5, 0.6) is 5.75 Å². The SMILES string of the molecule is FC(F)Oc1ccc(Cl)c(C(F)F)c1Cl. The van der Waals surface area contributed by atoms with Crippen LogP contribution < -0.4 is 4.74 Å². The van der Waals surface area contributed by atoms with Gasteiger partial charge in [0.15, 0.2) is 0 Å². The number of rotatable bonds is 3. The highest BCUT2D eigenvalue weighted by Crippen LogP contribution is 2.39. The fourth-order valence-electron chi connectivity index (χ4n) is 0.936. The van der Waals surface area contributed by atoms with Gasteiger partial charge in [-0.05, 0) is 12.1 Å². The summed E-state index contributed by atoms with van der Waals surface area (Å²) in [6, 6.07) is 2.02. The largest absolute Gasteiger partial charge is 0.433 e. The number of alkyl halides is 4. The minimum absolute atomic E-state index is 0.295. The Balaban J connectivity index is 3.16. The molecule has 0 aliphatic heterocycles. The zero-order chi connectivity index (χ0) is 11.6. The van der Waals surface area contributed by atoms with E-state index in [1.54, 1.807) is 0 Å².